The lowest BCUT2D eigenvalue weighted by molar-refractivity contribution is -0.144. The van der Waals surface area contributed by atoms with Crippen LogP contribution in [0.3, 0.4) is 0 Å². The topological polar surface area (TPSA) is 92.7 Å². The van der Waals surface area contributed by atoms with Crippen LogP contribution in [0.1, 0.15) is 12.5 Å². The van der Waals surface area contributed by atoms with Crippen LogP contribution in [0, 0.1) is 0 Å². The average molecular weight is 293 g/mol. The Bertz CT molecular complexity index is 593. The van der Waals surface area contributed by atoms with Crippen LogP contribution in [0.4, 0.5) is 4.79 Å². The van der Waals surface area contributed by atoms with E-state index in [1.165, 1.54) is 6.92 Å². The van der Waals surface area contributed by atoms with Gasteiger partial charge in [0.25, 0.3) is 11.1 Å². The fraction of sp³-hybridized carbons (Fsp3) is 0.154. The van der Waals surface area contributed by atoms with Crippen molar-refractivity contribution in [2.45, 2.75) is 13.0 Å². The van der Waals surface area contributed by atoms with Crippen molar-refractivity contribution in [2.24, 2.45) is 0 Å². The van der Waals surface area contributed by atoms with Crippen LogP contribution in [-0.4, -0.2) is 28.3 Å². The van der Waals surface area contributed by atoms with Crippen LogP contribution in [-0.2, 0) is 9.59 Å². The Morgan fingerprint density at radius 1 is 1.35 bits per heavy atom. The Balaban J connectivity index is 2.09. The lowest BCUT2D eigenvalue weighted by Gasteiger charge is -2.10. The molecule has 1 atom stereocenters. The number of nitrogens with one attached hydrogen (secondary N) is 1. The van der Waals surface area contributed by atoms with Gasteiger partial charge in [-0.2, -0.15) is 0 Å². The first-order valence-corrected chi connectivity index (χ1v) is 6.52. The predicted molar refractivity (Wildman–Crippen MR) is 73.3 cm³/mol. The quantitative estimate of drug-likeness (QED) is 0.823. The van der Waals surface area contributed by atoms with Crippen molar-refractivity contribution in [2.75, 3.05) is 0 Å². The summed E-state index contributed by atoms with van der Waals surface area (Å²) in [5, 5.41) is 10.5. The molecule has 0 aromatic heterocycles. The Hall–Kier alpha value is -2.28. The molecule has 1 aromatic rings. The minimum Gasteiger partial charge on any atom is -0.479 e. The maximum Gasteiger partial charge on any atom is 0.344 e. The second-order valence-electron chi connectivity index (χ2n) is 4.02. The van der Waals surface area contributed by atoms with Crippen LogP contribution in [0.2, 0.25) is 0 Å². The van der Waals surface area contributed by atoms with Crippen LogP contribution < -0.4 is 10.1 Å². The normalized spacial score (nSPS) is 17.9. The highest BCUT2D eigenvalue weighted by molar-refractivity contribution is 8.18. The Kier molecular flexibility index (Phi) is 4.09. The summed E-state index contributed by atoms with van der Waals surface area (Å²) in [5.74, 6) is -1.05. The number of rotatable bonds is 4. The molecule has 2 amide bonds. The molecule has 7 heteroatoms. The predicted octanol–water partition coefficient (Wildman–Crippen LogP) is 1.86. The first kappa shape index (κ1) is 14.1. The van der Waals surface area contributed by atoms with E-state index in [1.54, 1.807) is 30.3 Å². The smallest absolute Gasteiger partial charge is 0.344 e. The van der Waals surface area contributed by atoms with Gasteiger partial charge in [-0.05, 0) is 42.5 Å². The van der Waals surface area contributed by atoms with Gasteiger partial charge in [-0.1, -0.05) is 12.1 Å². The van der Waals surface area contributed by atoms with Gasteiger partial charge in [0.2, 0.25) is 0 Å². The van der Waals surface area contributed by atoms with E-state index in [-0.39, 0.29) is 0 Å². The van der Waals surface area contributed by atoms with Crippen molar-refractivity contribution < 1.29 is 24.2 Å². The maximum atomic E-state index is 11.4. The Morgan fingerprint density at radius 3 is 2.50 bits per heavy atom. The molecule has 1 aromatic carbocycles. The highest BCUT2D eigenvalue weighted by atomic mass is 32.2. The maximum absolute atomic E-state index is 11.4. The number of hydrogen-bond donors (Lipinski definition) is 2. The standard InChI is InChI=1S/C13H11NO5S/c1-7(12(16)17)19-9-4-2-8(3-5-9)6-10-11(15)14-13(18)20-10/h2-7H,1H3,(H,16,17)(H,14,15,18)/b10-6-/t7-/m1/s1. The summed E-state index contributed by atoms with van der Waals surface area (Å²) in [6.07, 6.45) is 0.642. The SMILES string of the molecule is C[C@@H](Oc1ccc(/C=C2\SC(=O)NC2=O)cc1)C(=O)O. The highest BCUT2D eigenvalue weighted by Crippen LogP contribution is 2.26. The highest BCUT2D eigenvalue weighted by Gasteiger charge is 2.24. The molecular formula is C13H11NO5S. The van der Waals surface area contributed by atoms with Crippen LogP contribution in [0.25, 0.3) is 6.08 Å². The average Bonchev–Trinajstić information content (AvgIpc) is 2.70. The molecule has 1 aliphatic rings. The number of carboxylic acid groups (broad SMARTS) is 1. The second kappa shape index (κ2) is 5.79. The van der Waals surface area contributed by atoms with Gasteiger partial charge in [-0.15, -0.1) is 0 Å². The molecule has 0 radical (unpaired) electrons. The zero-order chi connectivity index (χ0) is 14.7. The van der Waals surface area contributed by atoms with Crippen LogP contribution >= 0.6 is 11.8 Å². The van der Waals surface area contributed by atoms with Gasteiger partial charge in [-0.25, -0.2) is 4.79 Å². The van der Waals surface area contributed by atoms with Crippen LogP contribution in [0.5, 0.6) is 5.75 Å². The Morgan fingerprint density at radius 2 is 2.00 bits per heavy atom. The largest absolute Gasteiger partial charge is 0.479 e. The van der Waals surface area contributed by atoms with E-state index in [0.29, 0.717) is 16.2 Å². The molecule has 2 N–H and O–H groups in total. The van der Waals surface area contributed by atoms with E-state index in [9.17, 15) is 14.4 Å². The number of aliphatic carboxylic acids is 1. The molecule has 0 aliphatic carbocycles. The lowest BCUT2D eigenvalue weighted by Crippen LogP contribution is -2.22. The van der Waals surface area contributed by atoms with E-state index in [0.717, 1.165) is 11.8 Å². The zero-order valence-electron chi connectivity index (χ0n) is 10.5. The van der Waals surface area contributed by atoms with E-state index >= 15 is 0 Å². The number of carboxylic acids is 1. The summed E-state index contributed by atoms with van der Waals surface area (Å²) in [6.45, 7) is 1.43. The second-order valence-corrected chi connectivity index (χ2v) is 5.03. The fourth-order valence-electron chi connectivity index (χ4n) is 1.47. The van der Waals surface area contributed by atoms with Gasteiger partial charge in [0.05, 0.1) is 4.91 Å². The van der Waals surface area contributed by atoms with Gasteiger partial charge in [0, 0.05) is 0 Å². The fourth-order valence-corrected chi connectivity index (χ4v) is 2.15. The van der Waals surface area contributed by atoms with E-state index in [2.05, 4.69) is 5.32 Å². The van der Waals surface area contributed by atoms with Crippen molar-refractivity contribution in [1.82, 2.24) is 5.32 Å². The van der Waals surface area contributed by atoms with E-state index in [4.69, 9.17) is 9.84 Å². The third-order valence-corrected chi connectivity index (χ3v) is 3.29. The number of amides is 2. The van der Waals surface area contributed by atoms with E-state index < -0.39 is 23.2 Å². The molecule has 2 rings (SSSR count). The Labute approximate surface area is 118 Å². The van der Waals surface area contributed by atoms with E-state index in [1.807, 2.05) is 0 Å². The number of thioether (sulfide) groups is 1. The van der Waals surface area contributed by atoms with Crippen molar-refractivity contribution in [3.8, 4) is 5.75 Å². The van der Waals surface area contributed by atoms with Gasteiger partial charge >= 0.3 is 5.97 Å². The minimum atomic E-state index is -1.05. The molecule has 1 saturated heterocycles. The molecule has 1 heterocycles. The van der Waals surface area contributed by atoms with Crippen molar-refractivity contribution in [3.63, 3.8) is 0 Å². The van der Waals surface area contributed by atoms with Crippen molar-refractivity contribution in [1.29, 1.82) is 0 Å². The molecule has 1 aliphatic heterocycles. The first-order valence-electron chi connectivity index (χ1n) is 5.70. The van der Waals surface area contributed by atoms with Gasteiger partial charge < -0.3 is 9.84 Å². The van der Waals surface area contributed by atoms with Crippen molar-refractivity contribution >= 4 is 35.0 Å². The summed E-state index contributed by atoms with van der Waals surface area (Å²) < 4.78 is 5.18. The van der Waals surface area contributed by atoms with Gasteiger partial charge in [-0.3, -0.25) is 14.9 Å². The number of benzene rings is 1. The molecule has 0 spiro atoms. The summed E-state index contributed by atoms with van der Waals surface area (Å²) in [4.78, 5) is 33.3. The molecule has 20 heavy (non-hydrogen) atoms. The summed E-state index contributed by atoms with van der Waals surface area (Å²) >= 11 is 0.840. The zero-order valence-corrected chi connectivity index (χ0v) is 11.3. The summed E-state index contributed by atoms with van der Waals surface area (Å²) in [6, 6.07) is 6.55. The third kappa shape index (κ3) is 3.39. The van der Waals surface area contributed by atoms with Crippen LogP contribution in [0.15, 0.2) is 29.2 Å². The molecule has 0 bridgehead atoms. The lowest BCUT2D eigenvalue weighted by atomic mass is 10.2. The number of carbonyl (C=O) groups excluding carboxylic acids is 2. The molecule has 0 unspecified atom stereocenters. The number of carbonyl (C=O) groups is 3. The van der Waals surface area contributed by atoms with Gasteiger partial charge in [0.15, 0.2) is 6.10 Å². The summed E-state index contributed by atoms with van der Waals surface area (Å²) in [7, 11) is 0. The monoisotopic (exact) mass is 293 g/mol. The molecule has 0 saturated carbocycles. The summed E-state index contributed by atoms with van der Waals surface area (Å²) in [5.41, 5.74) is 0.715. The number of ether oxygens (including phenoxy) is 1. The molecule has 104 valence electrons. The number of imide groups is 1. The van der Waals surface area contributed by atoms with Crippen molar-refractivity contribution in [3.05, 3.63) is 34.7 Å². The molecule has 6 nitrogen and oxygen atoms in total. The van der Waals surface area contributed by atoms with Gasteiger partial charge in [0.1, 0.15) is 5.75 Å². The number of hydrogen-bond acceptors (Lipinski definition) is 5. The minimum absolute atomic E-state index is 0.322. The third-order valence-electron chi connectivity index (χ3n) is 2.48. The molecular weight excluding hydrogens is 282 g/mol. The first-order chi connectivity index (χ1) is 9.45. The molecule has 1 fully saturated rings.